The van der Waals surface area contributed by atoms with Gasteiger partial charge in [0.05, 0.1) is 0 Å². The maximum atomic E-state index is 12.3. The number of urea groups is 1. The van der Waals surface area contributed by atoms with Crippen molar-refractivity contribution in [2.75, 3.05) is 0 Å². The van der Waals surface area contributed by atoms with Crippen LogP contribution >= 0.6 is 0 Å². The second-order valence-electron chi connectivity index (χ2n) is 7.95. The predicted molar refractivity (Wildman–Crippen MR) is 101 cm³/mol. The van der Waals surface area contributed by atoms with E-state index >= 15 is 0 Å². The minimum absolute atomic E-state index is 0.0258. The first-order valence-corrected chi connectivity index (χ1v) is 9.60. The van der Waals surface area contributed by atoms with Gasteiger partial charge in [-0.1, -0.05) is 44.2 Å². The third-order valence-electron chi connectivity index (χ3n) is 5.69. The molecule has 2 aliphatic heterocycles. The second kappa shape index (κ2) is 8.08. The Balaban J connectivity index is 1.54. The van der Waals surface area contributed by atoms with Crippen molar-refractivity contribution >= 4 is 11.9 Å². The van der Waals surface area contributed by atoms with Crippen LogP contribution in [0.15, 0.2) is 30.3 Å². The summed E-state index contributed by atoms with van der Waals surface area (Å²) in [6.07, 6.45) is 4.29. The summed E-state index contributed by atoms with van der Waals surface area (Å²) >= 11 is 0. The van der Waals surface area contributed by atoms with Crippen molar-refractivity contribution < 1.29 is 9.59 Å². The molecule has 3 rings (SSSR count). The number of hydrogen-bond acceptors (Lipinski definition) is 3. The first kappa shape index (κ1) is 18.7. The minimum Gasteiger partial charge on any atom is -0.368 e. The standard InChI is InChI=1S/C20H30N4O2/c1-13(2)18(19(21)25)23-20(26)22-15-10-16-8-9-17(11-15)24(16)12-14-6-4-3-5-7-14/h3-7,13,15-18H,8-12H2,1-2H3,(H2,21,25)(H2,22,23,26). The van der Waals surface area contributed by atoms with Gasteiger partial charge in [-0.2, -0.15) is 0 Å². The van der Waals surface area contributed by atoms with Crippen LogP contribution < -0.4 is 16.4 Å². The van der Waals surface area contributed by atoms with Crippen molar-refractivity contribution in [3.63, 3.8) is 0 Å². The predicted octanol–water partition coefficient (Wildman–Crippen LogP) is 1.99. The summed E-state index contributed by atoms with van der Waals surface area (Å²) in [6, 6.07) is 10.8. The topological polar surface area (TPSA) is 87.5 Å². The Morgan fingerprint density at radius 1 is 1.15 bits per heavy atom. The Morgan fingerprint density at radius 2 is 1.77 bits per heavy atom. The minimum atomic E-state index is -0.634. The summed E-state index contributed by atoms with van der Waals surface area (Å²) in [5.41, 5.74) is 6.72. The average molecular weight is 358 g/mol. The number of benzene rings is 1. The fraction of sp³-hybridized carbons (Fsp3) is 0.600. The third-order valence-corrected chi connectivity index (χ3v) is 5.69. The third kappa shape index (κ3) is 4.36. The Hall–Kier alpha value is -2.08. The normalized spacial score (nSPS) is 26.5. The van der Waals surface area contributed by atoms with Crippen LogP contribution in [-0.2, 0) is 11.3 Å². The number of nitrogens with one attached hydrogen (secondary N) is 2. The molecule has 0 spiro atoms. The smallest absolute Gasteiger partial charge is 0.315 e. The second-order valence-corrected chi connectivity index (χ2v) is 7.95. The van der Waals surface area contributed by atoms with Gasteiger partial charge in [-0.3, -0.25) is 9.69 Å². The van der Waals surface area contributed by atoms with E-state index in [1.54, 1.807) is 0 Å². The Bertz CT molecular complexity index is 620. The largest absolute Gasteiger partial charge is 0.368 e. The number of fused-ring (bicyclic) bond motifs is 2. The van der Waals surface area contributed by atoms with Crippen LogP contribution in [0.4, 0.5) is 4.79 Å². The molecule has 0 aromatic heterocycles. The number of rotatable bonds is 6. The van der Waals surface area contributed by atoms with E-state index in [0.717, 1.165) is 19.4 Å². The molecule has 0 saturated carbocycles. The molecule has 1 aromatic rings. The van der Waals surface area contributed by atoms with Gasteiger partial charge in [-0.25, -0.2) is 4.79 Å². The van der Waals surface area contributed by atoms with E-state index in [1.807, 2.05) is 19.9 Å². The highest BCUT2D eigenvalue weighted by Crippen LogP contribution is 2.36. The monoisotopic (exact) mass is 358 g/mol. The zero-order chi connectivity index (χ0) is 18.7. The molecule has 2 aliphatic rings. The lowest BCUT2D eigenvalue weighted by molar-refractivity contribution is -0.120. The molecular formula is C20H30N4O2. The summed E-state index contributed by atoms with van der Waals surface area (Å²) < 4.78 is 0. The summed E-state index contributed by atoms with van der Waals surface area (Å²) in [5.74, 6) is -0.518. The van der Waals surface area contributed by atoms with Gasteiger partial charge in [0.25, 0.3) is 0 Å². The number of carbonyl (C=O) groups is 2. The highest BCUT2D eigenvalue weighted by Gasteiger charge is 2.41. The number of primary amides is 1. The molecule has 2 fully saturated rings. The average Bonchev–Trinajstić information content (AvgIpc) is 2.82. The van der Waals surface area contributed by atoms with Gasteiger partial charge in [0, 0.05) is 24.7 Å². The molecular weight excluding hydrogens is 328 g/mol. The summed E-state index contributed by atoms with van der Waals surface area (Å²) in [6.45, 7) is 4.72. The van der Waals surface area contributed by atoms with Crippen LogP contribution in [0.2, 0.25) is 0 Å². The zero-order valence-electron chi connectivity index (χ0n) is 15.7. The van der Waals surface area contributed by atoms with Crippen molar-refractivity contribution in [1.82, 2.24) is 15.5 Å². The van der Waals surface area contributed by atoms with E-state index in [4.69, 9.17) is 5.73 Å². The van der Waals surface area contributed by atoms with Gasteiger partial charge in [-0.05, 0) is 37.2 Å². The van der Waals surface area contributed by atoms with E-state index in [1.165, 1.54) is 18.4 Å². The first-order valence-electron chi connectivity index (χ1n) is 9.60. The molecule has 3 atom stereocenters. The van der Waals surface area contributed by atoms with Crippen LogP contribution in [-0.4, -0.2) is 41.0 Å². The van der Waals surface area contributed by atoms with Crippen molar-refractivity contribution in [3.05, 3.63) is 35.9 Å². The highest BCUT2D eigenvalue weighted by atomic mass is 16.2. The number of amides is 3. The molecule has 0 radical (unpaired) electrons. The molecule has 6 heteroatoms. The molecule has 26 heavy (non-hydrogen) atoms. The fourth-order valence-electron chi connectivity index (χ4n) is 4.38. The number of piperidine rings is 1. The van der Waals surface area contributed by atoms with Crippen LogP contribution in [0.3, 0.4) is 0 Å². The lowest BCUT2D eigenvalue weighted by atomic mass is 9.96. The number of carbonyl (C=O) groups excluding carboxylic acids is 2. The quantitative estimate of drug-likeness (QED) is 0.727. The Labute approximate surface area is 155 Å². The Kier molecular flexibility index (Phi) is 5.81. The number of nitrogens with two attached hydrogens (primary N) is 1. The van der Waals surface area contributed by atoms with Crippen LogP contribution in [0.25, 0.3) is 0 Å². The molecule has 2 bridgehead atoms. The van der Waals surface area contributed by atoms with E-state index < -0.39 is 11.9 Å². The lowest BCUT2D eigenvalue weighted by Crippen LogP contribution is -2.56. The molecule has 3 amide bonds. The zero-order valence-corrected chi connectivity index (χ0v) is 15.7. The maximum absolute atomic E-state index is 12.3. The summed E-state index contributed by atoms with van der Waals surface area (Å²) in [4.78, 5) is 26.4. The number of nitrogens with zero attached hydrogens (tertiary/aromatic N) is 1. The van der Waals surface area contributed by atoms with Gasteiger partial charge >= 0.3 is 6.03 Å². The molecule has 2 saturated heterocycles. The fourth-order valence-corrected chi connectivity index (χ4v) is 4.38. The molecule has 2 heterocycles. The van der Waals surface area contributed by atoms with E-state index in [0.29, 0.717) is 12.1 Å². The van der Waals surface area contributed by atoms with Crippen LogP contribution in [0.1, 0.15) is 45.1 Å². The van der Waals surface area contributed by atoms with E-state index in [9.17, 15) is 9.59 Å². The molecule has 4 N–H and O–H groups in total. The van der Waals surface area contributed by atoms with Crippen molar-refractivity contribution in [1.29, 1.82) is 0 Å². The van der Waals surface area contributed by atoms with E-state index in [-0.39, 0.29) is 18.0 Å². The van der Waals surface area contributed by atoms with Gasteiger partial charge < -0.3 is 16.4 Å². The summed E-state index contributed by atoms with van der Waals surface area (Å²) in [7, 11) is 0. The molecule has 6 nitrogen and oxygen atoms in total. The van der Waals surface area contributed by atoms with Crippen LogP contribution in [0, 0.1) is 5.92 Å². The van der Waals surface area contributed by atoms with Gasteiger partial charge in [0.15, 0.2) is 0 Å². The van der Waals surface area contributed by atoms with Crippen molar-refractivity contribution in [2.45, 2.75) is 70.2 Å². The van der Waals surface area contributed by atoms with Gasteiger partial charge in [0.1, 0.15) is 6.04 Å². The van der Waals surface area contributed by atoms with Crippen LogP contribution in [0.5, 0.6) is 0 Å². The molecule has 142 valence electrons. The summed E-state index contributed by atoms with van der Waals surface area (Å²) in [5, 5.41) is 5.79. The Morgan fingerprint density at radius 3 is 2.31 bits per heavy atom. The number of hydrogen-bond donors (Lipinski definition) is 3. The first-order chi connectivity index (χ1) is 12.4. The van der Waals surface area contributed by atoms with Crippen molar-refractivity contribution in [3.8, 4) is 0 Å². The van der Waals surface area contributed by atoms with Gasteiger partial charge in [-0.15, -0.1) is 0 Å². The SMILES string of the molecule is CC(C)C(NC(=O)NC1CC2CCC(C1)N2Cc1ccccc1)C(N)=O. The van der Waals surface area contributed by atoms with E-state index in [2.05, 4.69) is 39.8 Å². The molecule has 0 aliphatic carbocycles. The van der Waals surface area contributed by atoms with Gasteiger partial charge in [0.2, 0.25) is 5.91 Å². The maximum Gasteiger partial charge on any atom is 0.315 e. The van der Waals surface area contributed by atoms with Crippen molar-refractivity contribution in [2.24, 2.45) is 11.7 Å². The molecule has 3 unspecified atom stereocenters. The highest BCUT2D eigenvalue weighted by molar-refractivity contribution is 5.86. The molecule has 1 aromatic carbocycles. The lowest BCUT2D eigenvalue weighted by Gasteiger charge is -2.39.